The standard InChI is InChI=1S/C12H16F2IN3/c1-3-11(17-9(2)4-6-15)18-10-5-7-16-8-12(10,13)14/h3-4,6,10,16H,1-2,5,7-8H2,(H,17,18)/b6-4+. The van der Waals surface area contributed by atoms with Crippen LogP contribution in [0.15, 0.2) is 40.1 Å². The molecule has 0 amide bonds. The number of aliphatic imine (C=N–C) groups is 1. The van der Waals surface area contributed by atoms with E-state index in [0.29, 0.717) is 24.5 Å². The van der Waals surface area contributed by atoms with Gasteiger partial charge in [-0.15, -0.1) is 0 Å². The number of piperidine rings is 1. The molecule has 6 heteroatoms. The molecule has 1 aliphatic heterocycles. The van der Waals surface area contributed by atoms with Crippen LogP contribution in [0.25, 0.3) is 0 Å². The van der Waals surface area contributed by atoms with Gasteiger partial charge in [-0.1, -0.05) is 35.7 Å². The van der Waals surface area contributed by atoms with Gasteiger partial charge in [-0.25, -0.2) is 8.78 Å². The summed E-state index contributed by atoms with van der Waals surface area (Å²) in [6, 6.07) is -1.02. The fourth-order valence-electron chi connectivity index (χ4n) is 1.57. The molecule has 1 rings (SSSR count). The van der Waals surface area contributed by atoms with E-state index in [-0.39, 0.29) is 6.54 Å². The molecule has 2 N–H and O–H groups in total. The Bertz CT molecular complexity index is 378. The van der Waals surface area contributed by atoms with E-state index in [1.807, 2.05) is 22.6 Å². The largest absolute Gasteiger partial charge is 0.341 e. The van der Waals surface area contributed by atoms with Crippen molar-refractivity contribution in [3.63, 3.8) is 0 Å². The molecule has 1 saturated heterocycles. The highest BCUT2D eigenvalue weighted by molar-refractivity contribution is 14.1. The molecule has 0 bridgehead atoms. The smallest absolute Gasteiger partial charge is 0.282 e. The fourth-order valence-corrected chi connectivity index (χ4v) is 2.00. The van der Waals surface area contributed by atoms with Gasteiger partial charge in [-0.2, -0.15) is 0 Å². The average Bonchev–Trinajstić information content (AvgIpc) is 2.30. The number of nitrogens with one attached hydrogen (secondary N) is 2. The summed E-state index contributed by atoms with van der Waals surface area (Å²) < 4.78 is 28.9. The summed E-state index contributed by atoms with van der Waals surface area (Å²) in [5.74, 6) is -2.50. The monoisotopic (exact) mass is 367 g/mol. The lowest BCUT2D eigenvalue weighted by Gasteiger charge is -2.29. The zero-order chi connectivity index (χ0) is 13.6. The van der Waals surface area contributed by atoms with Crippen LogP contribution in [0.2, 0.25) is 0 Å². The maximum atomic E-state index is 13.6. The van der Waals surface area contributed by atoms with E-state index in [1.165, 1.54) is 6.08 Å². The molecule has 18 heavy (non-hydrogen) atoms. The number of rotatable bonds is 4. The van der Waals surface area contributed by atoms with Crippen molar-refractivity contribution in [3.05, 3.63) is 35.1 Å². The average molecular weight is 367 g/mol. The quantitative estimate of drug-likeness (QED) is 0.347. The second-order valence-corrected chi connectivity index (χ2v) is 4.62. The molecule has 1 unspecified atom stereocenters. The van der Waals surface area contributed by atoms with E-state index in [1.54, 1.807) is 10.2 Å². The van der Waals surface area contributed by atoms with Crippen molar-refractivity contribution < 1.29 is 8.78 Å². The van der Waals surface area contributed by atoms with Crippen LogP contribution in [-0.4, -0.2) is 30.9 Å². The number of amidine groups is 1. The molecule has 0 aromatic rings. The maximum absolute atomic E-state index is 13.6. The fraction of sp³-hybridized carbons (Fsp3) is 0.417. The second-order valence-electron chi connectivity index (χ2n) is 3.90. The summed E-state index contributed by atoms with van der Waals surface area (Å²) in [6.45, 7) is 7.51. The Morgan fingerprint density at radius 1 is 1.56 bits per heavy atom. The first-order valence-electron chi connectivity index (χ1n) is 5.51. The Hall–Kier alpha value is -0.760. The van der Waals surface area contributed by atoms with Gasteiger partial charge in [0.2, 0.25) is 0 Å². The van der Waals surface area contributed by atoms with E-state index >= 15 is 0 Å². The van der Waals surface area contributed by atoms with Gasteiger partial charge in [-0.05, 0) is 29.2 Å². The lowest BCUT2D eigenvalue weighted by Crippen LogP contribution is -2.49. The predicted octanol–water partition coefficient (Wildman–Crippen LogP) is 2.62. The Morgan fingerprint density at radius 2 is 2.28 bits per heavy atom. The van der Waals surface area contributed by atoms with Crippen molar-refractivity contribution in [2.75, 3.05) is 13.1 Å². The minimum Gasteiger partial charge on any atom is -0.341 e. The predicted molar refractivity (Wildman–Crippen MR) is 79.3 cm³/mol. The summed E-state index contributed by atoms with van der Waals surface area (Å²) in [7, 11) is 0. The molecular weight excluding hydrogens is 351 g/mol. The SMILES string of the molecule is C=CC(=NC1CCNCC1(F)F)NC(=C)/C=C/I. The summed E-state index contributed by atoms with van der Waals surface area (Å²) >= 11 is 2.05. The van der Waals surface area contributed by atoms with Crippen LogP contribution in [-0.2, 0) is 0 Å². The van der Waals surface area contributed by atoms with Crippen molar-refractivity contribution in [2.45, 2.75) is 18.4 Å². The number of halogens is 3. The molecule has 100 valence electrons. The van der Waals surface area contributed by atoms with E-state index < -0.39 is 12.0 Å². The molecule has 0 spiro atoms. The molecule has 1 atom stereocenters. The van der Waals surface area contributed by atoms with Crippen molar-refractivity contribution in [2.24, 2.45) is 4.99 Å². The van der Waals surface area contributed by atoms with Crippen LogP contribution in [0, 0.1) is 0 Å². The van der Waals surface area contributed by atoms with E-state index in [9.17, 15) is 8.78 Å². The van der Waals surface area contributed by atoms with E-state index in [0.717, 1.165) is 0 Å². The minimum absolute atomic E-state index is 0.306. The van der Waals surface area contributed by atoms with Crippen LogP contribution < -0.4 is 10.6 Å². The molecule has 3 nitrogen and oxygen atoms in total. The lowest BCUT2D eigenvalue weighted by atomic mass is 10.0. The number of hydrogen-bond donors (Lipinski definition) is 2. The van der Waals surface area contributed by atoms with Crippen LogP contribution >= 0.6 is 22.6 Å². The first-order valence-corrected chi connectivity index (χ1v) is 6.75. The summed E-state index contributed by atoms with van der Waals surface area (Å²) in [6.07, 6.45) is 3.45. The topological polar surface area (TPSA) is 36.4 Å². The lowest BCUT2D eigenvalue weighted by molar-refractivity contribution is -0.0380. The van der Waals surface area contributed by atoms with Gasteiger partial charge in [0.05, 0.1) is 6.54 Å². The number of alkyl halides is 2. The minimum atomic E-state index is -2.82. The molecular formula is C12H16F2IN3. The maximum Gasteiger partial charge on any atom is 0.282 e. The Kier molecular flexibility index (Phi) is 5.94. The second kappa shape index (κ2) is 6.98. The van der Waals surface area contributed by atoms with Gasteiger partial charge < -0.3 is 10.6 Å². The van der Waals surface area contributed by atoms with Crippen LogP contribution in [0.1, 0.15) is 6.42 Å². The molecule has 0 aromatic carbocycles. The van der Waals surface area contributed by atoms with Gasteiger partial charge in [0.25, 0.3) is 5.92 Å². The van der Waals surface area contributed by atoms with Crippen molar-refractivity contribution >= 4 is 28.4 Å². The van der Waals surface area contributed by atoms with Crippen LogP contribution in [0.3, 0.4) is 0 Å². The third kappa shape index (κ3) is 4.49. The third-order valence-electron chi connectivity index (χ3n) is 2.48. The molecule has 0 radical (unpaired) electrons. The molecule has 1 heterocycles. The number of hydrogen-bond acceptors (Lipinski definition) is 2. The zero-order valence-corrected chi connectivity index (χ0v) is 12.1. The first-order chi connectivity index (χ1) is 8.49. The van der Waals surface area contributed by atoms with Gasteiger partial charge in [0.1, 0.15) is 11.9 Å². The van der Waals surface area contributed by atoms with Crippen molar-refractivity contribution in [1.29, 1.82) is 0 Å². The summed E-state index contributed by atoms with van der Waals surface area (Å²) in [5.41, 5.74) is 0.584. The highest BCUT2D eigenvalue weighted by atomic mass is 127. The van der Waals surface area contributed by atoms with E-state index in [2.05, 4.69) is 28.8 Å². The molecule has 0 aliphatic carbocycles. The van der Waals surface area contributed by atoms with Crippen molar-refractivity contribution in [3.8, 4) is 0 Å². The first kappa shape index (κ1) is 15.3. The van der Waals surface area contributed by atoms with E-state index in [4.69, 9.17) is 0 Å². The van der Waals surface area contributed by atoms with Crippen LogP contribution in [0.5, 0.6) is 0 Å². The van der Waals surface area contributed by atoms with Gasteiger partial charge in [-0.3, -0.25) is 4.99 Å². The number of allylic oxidation sites excluding steroid dienone is 1. The highest BCUT2D eigenvalue weighted by Gasteiger charge is 2.41. The van der Waals surface area contributed by atoms with Crippen LogP contribution in [0.4, 0.5) is 8.78 Å². The Morgan fingerprint density at radius 3 is 2.83 bits per heavy atom. The van der Waals surface area contributed by atoms with Gasteiger partial charge >= 0.3 is 0 Å². The molecule has 1 aliphatic rings. The van der Waals surface area contributed by atoms with Crippen molar-refractivity contribution in [1.82, 2.24) is 10.6 Å². The molecule has 1 fully saturated rings. The number of nitrogens with zero attached hydrogens (tertiary/aromatic N) is 1. The normalized spacial score (nSPS) is 23.9. The Labute approximate surface area is 119 Å². The molecule has 0 saturated carbocycles. The molecule has 0 aromatic heterocycles. The Balaban J connectivity index is 2.77. The third-order valence-corrected chi connectivity index (χ3v) is 2.84. The highest BCUT2D eigenvalue weighted by Crippen LogP contribution is 2.26. The zero-order valence-electron chi connectivity index (χ0n) is 9.93. The van der Waals surface area contributed by atoms with Gasteiger partial charge in [0, 0.05) is 5.70 Å². The summed E-state index contributed by atoms with van der Waals surface area (Å²) in [5, 5.41) is 5.51. The van der Waals surface area contributed by atoms with Gasteiger partial charge in [0.15, 0.2) is 0 Å². The summed E-state index contributed by atoms with van der Waals surface area (Å²) in [4.78, 5) is 4.03.